The Bertz CT molecular complexity index is 363. The molecule has 1 unspecified atom stereocenters. The van der Waals surface area contributed by atoms with Crippen LogP contribution in [0.15, 0.2) is 40.2 Å². The van der Waals surface area contributed by atoms with Gasteiger partial charge in [-0.1, -0.05) is 18.2 Å². The van der Waals surface area contributed by atoms with E-state index in [1.165, 1.54) is 5.57 Å². The van der Waals surface area contributed by atoms with E-state index in [1.807, 2.05) is 12.3 Å². The minimum atomic E-state index is 0.216. The smallest absolute Gasteiger partial charge is 0.160 e. The second kappa shape index (κ2) is 2.49. The summed E-state index contributed by atoms with van der Waals surface area (Å²) < 4.78 is 5.49. The normalized spacial score (nSPS) is 28.9. The molecule has 0 saturated heterocycles. The number of hydrogen-bond acceptors (Lipinski definition) is 3. The van der Waals surface area contributed by atoms with Gasteiger partial charge in [0.1, 0.15) is 6.61 Å². The van der Waals surface area contributed by atoms with Crippen LogP contribution in [-0.2, 0) is 4.74 Å². The van der Waals surface area contributed by atoms with Crippen molar-refractivity contribution in [2.24, 2.45) is 4.99 Å². The van der Waals surface area contributed by atoms with E-state index in [4.69, 9.17) is 4.74 Å². The molecule has 1 aliphatic carbocycles. The molecule has 2 aliphatic heterocycles. The van der Waals surface area contributed by atoms with E-state index in [0.29, 0.717) is 0 Å². The van der Waals surface area contributed by atoms with Crippen molar-refractivity contribution in [1.29, 1.82) is 0 Å². The second-order valence-electron chi connectivity index (χ2n) is 3.24. The van der Waals surface area contributed by atoms with E-state index in [0.717, 1.165) is 24.6 Å². The molecule has 0 spiro atoms. The Kier molecular flexibility index (Phi) is 1.33. The number of aliphatic imine (C=N–C) groups is 1. The van der Waals surface area contributed by atoms with Gasteiger partial charge in [-0.25, -0.2) is 0 Å². The highest BCUT2D eigenvalue weighted by Gasteiger charge is 2.26. The summed E-state index contributed by atoms with van der Waals surface area (Å²) in [5.74, 6) is 0.887. The zero-order valence-corrected chi connectivity index (χ0v) is 7.16. The summed E-state index contributed by atoms with van der Waals surface area (Å²) >= 11 is 0. The van der Waals surface area contributed by atoms with E-state index < -0.39 is 0 Å². The number of ether oxygens (including phenoxy) is 1. The van der Waals surface area contributed by atoms with Gasteiger partial charge in [-0.3, -0.25) is 4.99 Å². The molecule has 3 rings (SSSR count). The SMILES string of the molecule is C1=CC2N=CC3=C(NCCO3)C2=C1. The van der Waals surface area contributed by atoms with Crippen LogP contribution in [-0.4, -0.2) is 25.4 Å². The molecule has 13 heavy (non-hydrogen) atoms. The van der Waals surface area contributed by atoms with Crippen molar-refractivity contribution in [3.8, 4) is 0 Å². The summed E-state index contributed by atoms with van der Waals surface area (Å²) in [5, 5.41) is 3.35. The molecule has 2 heterocycles. The van der Waals surface area contributed by atoms with Gasteiger partial charge in [0.05, 0.1) is 18.0 Å². The monoisotopic (exact) mass is 174 g/mol. The lowest BCUT2D eigenvalue weighted by atomic mass is 10.0. The highest BCUT2D eigenvalue weighted by molar-refractivity contribution is 5.82. The summed E-state index contributed by atoms with van der Waals surface area (Å²) in [4.78, 5) is 4.37. The topological polar surface area (TPSA) is 33.6 Å². The van der Waals surface area contributed by atoms with Gasteiger partial charge in [0.25, 0.3) is 0 Å². The average Bonchev–Trinajstić information content (AvgIpc) is 2.65. The van der Waals surface area contributed by atoms with Crippen LogP contribution in [0.3, 0.4) is 0 Å². The number of hydrogen-bond donors (Lipinski definition) is 1. The molecule has 0 radical (unpaired) electrons. The first-order valence-corrected chi connectivity index (χ1v) is 4.48. The molecular formula is C10H10N2O. The summed E-state index contributed by atoms with van der Waals surface area (Å²) in [6, 6.07) is 0.216. The third kappa shape index (κ3) is 0.932. The molecule has 1 N–H and O–H groups in total. The highest BCUT2D eigenvalue weighted by Crippen LogP contribution is 2.28. The maximum atomic E-state index is 5.49. The van der Waals surface area contributed by atoms with E-state index in [9.17, 15) is 0 Å². The first-order valence-electron chi connectivity index (χ1n) is 4.48. The summed E-state index contributed by atoms with van der Waals surface area (Å²) in [6.45, 7) is 1.62. The van der Waals surface area contributed by atoms with Crippen molar-refractivity contribution in [2.45, 2.75) is 6.04 Å². The maximum Gasteiger partial charge on any atom is 0.160 e. The van der Waals surface area contributed by atoms with Gasteiger partial charge in [0.2, 0.25) is 0 Å². The third-order valence-electron chi connectivity index (χ3n) is 2.44. The fourth-order valence-electron chi connectivity index (χ4n) is 1.82. The molecule has 0 aromatic rings. The van der Waals surface area contributed by atoms with Crippen LogP contribution < -0.4 is 5.32 Å². The van der Waals surface area contributed by atoms with Crippen LogP contribution >= 0.6 is 0 Å². The lowest BCUT2D eigenvalue weighted by Gasteiger charge is -2.26. The fourth-order valence-corrected chi connectivity index (χ4v) is 1.82. The van der Waals surface area contributed by atoms with Gasteiger partial charge in [0, 0.05) is 12.1 Å². The van der Waals surface area contributed by atoms with Crippen LogP contribution in [0.5, 0.6) is 0 Å². The van der Waals surface area contributed by atoms with E-state index >= 15 is 0 Å². The van der Waals surface area contributed by atoms with Crippen molar-refractivity contribution in [2.75, 3.05) is 13.2 Å². The molecule has 3 aliphatic rings. The van der Waals surface area contributed by atoms with Crippen LogP contribution in [0.4, 0.5) is 0 Å². The molecule has 0 amide bonds. The van der Waals surface area contributed by atoms with Gasteiger partial charge in [-0.15, -0.1) is 0 Å². The number of allylic oxidation sites excluding steroid dienone is 3. The predicted molar refractivity (Wildman–Crippen MR) is 50.5 cm³/mol. The number of dihydropyridines is 1. The number of fused-ring (bicyclic) bond motifs is 2. The van der Waals surface area contributed by atoms with Gasteiger partial charge in [-0.2, -0.15) is 0 Å². The van der Waals surface area contributed by atoms with E-state index in [2.05, 4.69) is 22.5 Å². The molecule has 3 heteroatoms. The van der Waals surface area contributed by atoms with Crippen LogP contribution in [0.25, 0.3) is 0 Å². The number of nitrogens with zero attached hydrogens (tertiary/aromatic N) is 1. The van der Waals surface area contributed by atoms with Crippen molar-refractivity contribution in [3.63, 3.8) is 0 Å². The molecule has 66 valence electrons. The van der Waals surface area contributed by atoms with Crippen molar-refractivity contribution in [3.05, 3.63) is 35.3 Å². The first-order chi connectivity index (χ1) is 6.45. The largest absolute Gasteiger partial charge is 0.488 e. The highest BCUT2D eigenvalue weighted by atomic mass is 16.5. The van der Waals surface area contributed by atoms with Crippen LogP contribution in [0, 0.1) is 0 Å². The summed E-state index contributed by atoms with van der Waals surface area (Å²) in [7, 11) is 0. The number of rotatable bonds is 0. The van der Waals surface area contributed by atoms with E-state index in [-0.39, 0.29) is 6.04 Å². The average molecular weight is 174 g/mol. The summed E-state index contributed by atoms with van der Waals surface area (Å²) in [6.07, 6.45) is 8.05. The van der Waals surface area contributed by atoms with Crippen LogP contribution in [0.1, 0.15) is 0 Å². The van der Waals surface area contributed by atoms with Gasteiger partial charge >= 0.3 is 0 Å². The predicted octanol–water partition coefficient (Wildman–Crippen LogP) is 0.767. The van der Waals surface area contributed by atoms with Crippen LogP contribution in [0.2, 0.25) is 0 Å². The minimum Gasteiger partial charge on any atom is -0.488 e. The Morgan fingerprint density at radius 3 is 3.54 bits per heavy atom. The maximum absolute atomic E-state index is 5.49. The van der Waals surface area contributed by atoms with Gasteiger partial charge < -0.3 is 10.1 Å². The van der Waals surface area contributed by atoms with Crippen molar-refractivity contribution in [1.82, 2.24) is 5.32 Å². The molecular weight excluding hydrogens is 164 g/mol. The van der Waals surface area contributed by atoms with Gasteiger partial charge in [0.15, 0.2) is 5.76 Å². The Balaban J connectivity index is 2.07. The molecule has 0 aromatic heterocycles. The first kappa shape index (κ1) is 6.95. The Hall–Kier alpha value is -1.51. The Labute approximate surface area is 76.5 Å². The molecule has 0 bridgehead atoms. The quantitative estimate of drug-likeness (QED) is 0.588. The third-order valence-corrected chi connectivity index (χ3v) is 2.44. The minimum absolute atomic E-state index is 0.216. The van der Waals surface area contributed by atoms with E-state index in [1.54, 1.807) is 0 Å². The van der Waals surface area contributed by atoms with Gasteiger partial charge in [-0.05, 0) is 0 Å². The molecule has 1 atom stereocenters. The zero-order valence-electron chi connectivity index (χ0n) is 7.16. The second-order valence-corrected chi connectivity index (χ2v) is 3.24. The standard InChI is InChI=1S/C10H10N2O/c1-2-7-8(3-1)12-6-9-10(7)11-4-5-13-9/h1-3,6,8,11H,4-5H2. The number of nitrogens with one attached hydrogen (secondary N) is 1. The van der Waals surface area contributed by atoms with Crippen molar-refractivity contribution < 1.29 is 4.74 Å². The fraction of sp³-hybridized carbons (Fsp3) is 0.300. The van der Waals surface area contributed by atoms with Crippen molar-refractivity contribution >= 4 is 6.21 Å². The summed E-state index contributed by atoms with van der Waals surface area (Å²) in [5.41, 5.74) is 2.36. The lowest BCUT2D eigenvalue weighted by Crippen LogP contribution is -2.32. The lowest BCUT2D eigenvalue weighted by molar-refractivity contribution is 0.212. The molecule has 0 aromatic carbocycles. The Morgan fingerprint density at radius 1 is 1.54 bits per heavy atom. The zero-order chi connectivity index (χ0) is 8.67. The Morgan fingerprint density at radius 2 is 2.54 bits per heavy atom. The molecule has 0 saturated carbocycles. The molecule has 3 nitrogen and oxygen atoms in total. The molecule has 0 fully saturated rings.